The van der Waals surface area contributed by atoms with Gasteiger partial charge in [0.2, 0.25) is 5.91 Å². The molecule has 132 valence electrons. The maximum atomic E-state index is 12.9. The predicted octanol–water partition coefficient (Wildman–Crippen LogP) is 2.22. The number of carbonyl (C=O) groups is 2. The van der Waals surface area contributed by atoms with Crippen molar-refractivity contribution in [1.29, 1.82) is 0 Å². The summed E-state index contributed by atoms with van der Waals surface area (Å²) in [4.78, 5) is 27.3. The number of fused-ring (bicyclic) bond motifs is 1. The molecule has 1 aliphatic rings. The van der Waals surface area contributed by atoms with Crippen LogP contribution in [0.1, 0.15) is 21.7 Å². The highest BCUT2D eigenvalue weighted by molar-refractivity contribution is 6.00. The van der Waals surface area contributed by atoms with Gasteiger partial charge in [0.15, 0.2) is 5.76 Å². The van der Waals surface area contributed by atoms with Gasteiger partial charge < -0.3 is 14.6 Å². The third-order valence-electron chi connectivity index (χ3n) is 4.52. The molecule has 0 fully saturated rings. The summed E-state index contributed by atoms with van der Waals surface area (Å²) in [6.45, 7) is 0.362. The van der Waals surface area contributed by atoms with Crippen molar-refractivity contribution in [2.75, 3.05) is 5.32 Å². The van der Waals surface area contributed by atoms with Crippen molar-refractivity contribution in [2.45, 2.75) is 19.0 Å². The van der Waals surface area contributed by atoms with E-state index in [1.807, 2.05) is 24.3 Å². The molecular weight excluding hydrogens is 332 g/mol. The van der Waals surface area contributed by atoms with E-state index in [0.29, 0.717) is 18.7 Å². The Balaban J connectivity index is 1.64. The van der Waals surface area contributed by atoms with E-state index in [1.165, 1.54) is 6.26 Å². The summed E-state index contributed by atoms with van der Waals surface area (Å²) in [5.74, 6) is -0.313. The quantitative estimate of drug-likeness (QED) is 0.785. The minimum Gasteiger partial charge on any atom is -0.459 e. The van der Waals surface area contributed by atoms with E-state index < -0.39 is 6.04 Å². The molecule has 3 aromatic rings. The Morgan fingerprint density at radius 2 is 2.00 bits per heavy atom. The molecule has 1 aromatic carbocycles. The lowest BCUT2D eigenvalue weighted by Crippen LogP contribution is -2.50. The number of anilines is 1. The number of aryl methyl sites for hydroxylation is 1. The molecule has 1 N–H and O–H groups in total. The van der Waals surface area contributed by atoms with E-state index in [2.05, 4.69) is 10.4 Å². The fourth-order valence-corrected chi connectivity index (χ4v) is 3.22. The van der Waals surface area contributed by atoms with E-state index in [-0.39, 0.29) is 17.6 Å². The smallest absolute Gasteiger partial charge is 0.290 e. The van der Waals surface area contributed by atoms with Crippen LogP contribution in [0.25, 0.3) is 0 Å². The fourth-order valence-electron chi connectivity index (χ4n) is 3.22. The Labute approximate surface area is 150 Å². The highest BCUT2D eigenvalue weighted by Gasteiger charge is 2.36. The van der Waals surface area contributed by atoms with Crippen LogP contribution in [0, 0.1) is 0 Å². The van der Waals surface area contributed by atoms with Gasteiger partial charge in [0, 0.05) is 26.2 Å². The van der Waals surface area contributed by atoms with Gasteiger partial charge in [0.1, 0.15) is 6.04 Å². The molecule has 7 nitrogen and oxygen atoms in total. The van der Waals surface area contributed by atoms with Crippen LogP contribution in [0.3, 0.4) is 0 Å². The standard InChI is InChI=1S/C19H18N4O3/c1-22-12-15(10-20-22)21-18(24)16-9-13-5-2-3-6-14(13)11-23(16)19(25)17-7-4-8-26-17/h2-8,10,12,16H,9,11H2,1H3,(H,21,24)/t16-/m0/s1. The topological polar surface area (TPSA) is 80.4 Å². The minimum atomic E-state index is -0.622. The number of nitrogens with zero attached hydrogens (tertiary/aromatic N) is 3. The van der Waals surface area contributed by atoms with Crippen molar-refractivity contribution in [3.05, 3.63) is 71.9 Å². The lowest BCUT2D eigenvalue weighted by atomic mass is 9.93. The van der Waals surface area contributed by atoms with Crippen molar-refractivity contribution < 1.29 is 14.0 Å². The Morgan fingerprint density at radius 1 is 1.19 bits per heavy atom. The first-order valence-electron chi connectivity index (χ1n) is 8.32. The second-order valence-electron chi connectivity index (χ2n) is 6.29. The maximum Gasteiger partial charge on any atom is 0.290 e. The number of nitrogens with one attached hydrogen (secondary N) is 1. The Bertz CT molecular complexity index is 945. The number of hydrogen-bond acceptors (Lipinski definition) is 4. The van der Waals surface area contributed by atoms with Crippen molar-refractivity contribution >= 4 is 17.5 Å². The van der Waals surface area contributed by atoms with Crippen molar-refractivity contribution in [3.63, 3.8) is 0 Å². The molecule has 0 unspecified atom stereocenters. The van der Waals surface area contributed by atoms with Gasteiger partial charge in [0.05, 0.1) is 18.1 Å². The van der Waals surface area contributed by atoms with Crippen LogP contribution in [0.15, 0.2) is 59.5 Å². The van der Waals surface area contributed by atoms with Crippen LogP contribution in [0.5, 0.6) is 0 Å². The molecule has 2 aromatic heterocycles. The molecule has 0 aliphatic carbocycles. The lowest BCUT2D eigenvalue weighted by Gasteiger charge is -2.35. The van der Waals surface area contributed by atoms with Gasteiger partial charge in [-0.3, -0.25) is 14.3 Å². The van der Waals surface area contributed by atoms with E-state index in [4.69, 9.17) is 4.42 Å². The molecule has 1 aliphatic heterocycles. The average molecular weight is 350 g/mol. The van der Waals surface area contributed by atoms with Crippen LogP contribution in [-0.2, 0) is 24.8 Å². The van der Waals surface area contributed by atoms with E-state index >= 15 is 0 Å². The van der Waals surface area contributed by atoms with Gasteiger partial charge >= 0.3 is 0 Å². The van der Waals surface area contributed by atoms with Crippen molar-refractivity contribution in [3.8, 4) is 0 Å². The van der Waals surface area contributed by atoms with Crippen LogP contribution in [0.2, 0.25) is 0 Å². The minimum absolute atomic E-state index is 0.226. The zero-order chi connectivity index (χ0) is 18.1. The molecule has 0 radical (unpaired) electrons. The van der Waals surface area contributed by atoms with E-state index in [0.717, 1.165) is 11.1 Å². The number of rotatable bonds is 3. The summed E-state index contributed by atoms with van der Waals surface area (Å²) in [5, 5.41) is 6.90. The molecule has 0 bridgehead atoms. The number of carbonyl (C=O) groups excluding carboxylic acids is 2. The number of amides is 2. The molecule has 0 saturated carbocycles. The molecular formula is C19H18N4O3. The average Bonchev–Trinajstić information content (AvgIpc) is 3.32. The van der Waals surface area contributed by atoms with Gasteiger partial charge in [-0.2, -0.15) is 5.10 Å². The number of benzene rings is 1. The summed E-state index contributed by atoms with van der Waals surface area (Å²) >= 11 is 0. The van der Waals surface area contributed by atoms with E-state index in [1.54, 1.807) is 41.2 Å². The highest BCUT2D eigenvalue weighted by Crippen LogP contribution is 2.26. The zero-order valence-electron chi connectivity index (χ0n) is 14.3. The molecule has 0 spiro atoms. The molecule has 3 heterocycles. The number of aromatic nitrogens is 2. The lowest BCUT2D eigenvalue weighted by molar-refractivity contribution is -0.121. The first-order chi connectivity index (χ1) is 12.6. The maximum absolute atomic E-state index is 12.9. The Kier molecular flexibility index (Phi) is 4.04. The molecule has 0 saturated heterocycles. The van der Waals surface area contributed by atoms with Crippen molar-refractivity contribution in [2.24, 2.45) is 7.05 Å². The number of furan rings is 1. The summed E-state index contributed by atoms with van der Waals surface area (Å²) in [5.41, 5.74) is 2.71. The van der Waals surface area contributed by atoms with Crippen LogP contribution in [0.4, 0.5) is 5.69 Å². The van der Waals surface area contributed by atoms with Crippen LogP contribution < -0.4 is 5.32 Å². The Morgan fingerprint density at radius 3 is 2.69 bits per heavy atom. The second-order valence-corrected chi connectivity index (χ2v) is 6.29. The first-order valence-corrected chi connectivity index (χ1v) is 8.32. The first kappa shape index (κ1) is 16.1. The highest BCUT2D eigenvalue weighted by atomic mass is 16.3. The summed E-state index contributed by atoms with van der Waals surface area (Å²) in [7, 11) is 1.78. The third kappa shape index (κ3) is 2.99. The van der Waals surface area contributed by atoms with Gasteiger partial charge in [-0.1, -0.05) is 24.3 Å². The van der Waals surface area contributed by atoms with Gasteiger partial charge in [-0.05, 0) is 23.3 Å². The predicted molar refractivity (Wildman–Crippen MR) is 94.4 cm³/mol. The molecule has 1 atom stereocenters. The normalized spacial score (nSPS) is 16.2. The van der Waals surface area contributed by atoms with E-state index in [9.17, 15) is 9.59 Å². The molecule has 4 rings (SSSR count). The van der Waals surface area contributed by atoms with Gasteiger partial charge in [-0.15, -0.1) is 0 Å². The zero-order valence-corrected chi connectivity index (χ0v) is 14.3. The summed E-state index contributed by atoms with van der Waals surface area (Å²) in [6.07, 6.45) is 5.20. The SMILES string of the molecule is Cn1cc(NC(=O)[C@@H]2Cc3ccccc3CN2C(=O)c2ccco2)cn1. The molecule has 7 heteroatoms. The molecule has 26 heavy (non-hydrogen) atoms. The number of hydrogen-bond donors (Lipinski definition) is 1. The van der Waals surface area contributed by atoms with Crippen molar-refractivity contribution in [1.82, 2.24) is 14.7 Å². The monoisotopic (exact) mass is 350 g/mol. The van der Waals surface area contributed by atoms with Crippen LogP contribution in [-0.4, -0.2) is 32.5 Å². The third-order valence-corrected chi connectivity index (χ3v) is 4.52. The largest absolute Gasteiger partial charge is 0.459 e. The molecule has 2 amide bonds. The fraction of sp³-hybridized carbons (Fsp3) is 0.211. The second kappa shape index (κ2) is 6.51. The summed E-state index contributed by atoms with van der Waals surface area (Å²) < 4.78 is 6.86. The summed E-state index contributed by atoms with van der Waals surface area (Å²) in [6, 6.07) is 10.5. The Hall–Kier alpha value is -3.35. The van der Waals surface area contributed by atoms with Gasteiger partial charge in [0.25, 0.3) is 5.91 Å². The van der Waals surface area contributed by atoms with Gasteiger partial charge in [-0.25, -0.2) is 0 Å². The van der Waals surface area contributed by atoms with Crippen LogP contribution >= 0.6 is 0 Å².